The first-order chi connectivity index (χ1) is 5.24. The Hall–Kier alpha value is -1.51. The SMILES string of the molecule is C=C/C=C\c1nc(N)[nH]c1C. The van der Waals surface area contributed by atoms with Crippen LogP contribution in [0.5, 0.6) is 0 Å². The first-order valence-corrected chi connectivity index (χ1v) is 3.35. The maximum Gasteiger partial charge on any atom is 0.198 e. The lowest BCUT2D eigenvalue weighted by Crippen LogP contribution is -1.85. The molecule has 3 heteroatoms. The molecule has 0 aliphatic carbocycles. The third-order valence-electron chi connectivity index (χ3n) is 1.33. The van der Waals surface area contributed by atoms with Crippen molar-refractivity contribution in [2.24, 2.45) is 0 Å². The zero-order valence-electron chi connectivity index (χ0n) is 6.46. The van der Waals surface area contributed by atoms with Crippen molar-refractivity contribution in [3.05, 3.63) is 30.1 Å². The second-order valence-corrected chi connectivity index (χ2v) is 2.23. The molecular formula is C8H11N3. The van der Waals surface area contributed by atoms with Crippen LogP contribution in [-0.4, -0.2) is 9.97 Å². The number of anilines is 1. The summed E-state index contributed by atoms with van der Waals surface area (Å²) in [4.78, 5) is 6.93. The zero-order valence-corrected chi connectivity index (χ0v) is 6.46. The van der Waals surface area contributed by atoms with E-state index >= 15 is 0 Å². The number of imidazole rings is 1. The van der Waals surface area contributed by atoms with Crippen molar-refractivity contribution in [1.29, 1.82) is 0 Å². The Kier molecular flexibility index (Phi) is 2.11. The molecule has 0 aliphatic rings. The average molecular weight is 149 g/mol. The molecule has 0 spiro atoms. The number of aryl methyl sites for hydroxylation is 1. The molecule has 1 aromatic heterocycles. The molecule has 0 fully saturated rings. The van der Waals surface area contributed by atoms with Crippen LogP contribution in [0.25, 0.3) is 6.08 Å². The van der Waals surface area contributed by atoms with Gasteiger partial charge in [0.05, 0.1) is 5.69 Å². The van der Waals surface area contributed by atoms with Crippen LogP contribution in [-0.2, 0) is 0 Å². The summed E-state index contributed by atoms with van der Waals surface area (Å²) in [5.74, 6) is 0.450. The summed E-state index contributed by atoms with van der Waals surface area (Å²) in [6.45, 7) is 5.48. The fourth-order valence-corrected chi connectivity index (χ4v) is 0.819. The largest absolute Gasteiger partial charge is 0.369 e. The Labute approximate surface area is 65.6 Å². The maximum absolute atomic E-state index is 5.42. The molecule has 58 valence electrons. The summed E-state index contributed by atoms with van der Waals surface area (Å²) < 4.78 is 0. The van der Waals surface area contributed by atoms with Gasteiger partial charge in [0, 0.05) is 5.69 Å². The Balaban J connectivity index is 2.93. The summed E-state index contributed by atoms with van der Waals surface area (Å²) in [5, 5.41) is 0. The van der Waals surface area contributed by atoms with Crippen LogP contribution in [0.1, 0.15) is 11.4 Å². The van der Waals surface area contributed by atoms with E-state index in [0.717, 1.165) is 11.4 Å². The van der Waals surface area contributed by atoms with Gasteiger partial charge in [-0.2, -0.15) is 0 Å². The van der Waals surface area contributed by atoms with Gasteiger partial charge in [-0.15, -0.1) is 0 Å². The van der Waals surface area contributed by atoms with Gasteiger partial charge in [0.1, 0.15) is 0 Å². The predicted molar refractivity (Wildman–Crippen MR) is 47.0 cm³/mol. The van der Waals surface area contributed by atoms with Gasteiger partial charge in [0.25, 0.3) is 0 Å². The number of allylic oxidation sites excluding steroid dienone is 2. The molecule has 3 N–H and O–H groups in total. The smallest absolute Gasteiger partial charge is 0.198 e. The van der Waals surface area contributed by atoms with E-state index in [0.29, 0.717) is 5.95 Å². The zero-order chi connectivity index (χ0) is 8.27. The van der Waals surface area contributed by atoms with Crippen LogP contribution in [0.3, 0.4) is 0 Å². The highest BCUT2D eigenvalue weighted by Crippen LogP contribution is 2.07. The van der Waals surface area contributed by atoms with Gasteiger partial charge in [-0.3, -0.25) is 0 Å². The number of aromatic nitrogens is 2. The van der Waals surface area contributed by atoms with E-state index in [4.69, 9.17) is 5.73 Å². The molecule has 0 amide bonds. The highest BCUT2D eigenvalue weighted by Gasteiger charge is 1.97. The van der Waals surface area contributed by atoms with Crippen LogP contribution in [0.4, 0.5) is 5.95 Å². The van der Waals surface area contributed by atoms with Gasteiger partial charge in [-0.1, -0.05) is 18.7 Å². The van der Waals surface area contributed by atoms with E-state index in [1.54, 1.807) is 6.08 Å². The molecule has 1 aromatic rings. The minimum atomic E-state index is 0.450. The number of nitrogens with one attached hydrogen (secondary N) is 1. The maximum atomic E-state index is 5.42. The van der Waals surface area contributed by atoms with Crippen LogP contribution < -0.4 is 5.73 Å². The number of nitrogen functional groups attached to an aromatic ring is 1. The third kappa shape index (κ3) is 1.70. The fraction of sp³-hybridized carbons (Fsp3) is 0.125. The summed E-state index contributed by atoms with van der Waals surface area (Å²) in [7, 11) is 0. The van der Waals surface area contributed by atoms with E-state index in [1.165, 1.54) is 0 Å². The van der Waals surface area contributed by atoms with Crippen LogP contribution in [0.2, 0.25) is 0 Å². The molecule has 11 heavy (non-hydrogen) atoms. The summed E-state index contributed by atoms with van der Waals surface area (Å²) in [6, 6.07) is 0. The monoisotopic (exact) mass is 149 g/mol. The lowest BCUT2D eigenvalue weighted by atomic mass is 10.3. The molecule has 0 saturated heterocycles. The Morgan fingerprint density at radius 3 is 2.82 bits per heavy atom. The molecule has 0 unspecified atom stereocenters. The van der Waals surface area contributed by atoms with Crippen LogP contribution >= 0.6 is 0 Å². The Bertz CT molecular complexity index is 284. The van der Waals surface area contributed by atoms with Crippen molar-refractivity contribution in [3.8, 4) is 0 Å². The van der Waals surface area contributed by atoms with Crippen molar-refractivity contribution < 1.29 is 0 Å². The highest BCUT2D eigenvalue weighted by atomic mass is 15.0. The van der Waals surface area contributed by atoms with Crippen LogP contribution in [0, 0.1) is 6.92 Å². The molecule has 0 saturated carbocycles. The normalized spacial score (nSPS) is 10.6. The molecule has 0 atom stereocenters. The molecular weight excluding hydrogens is 138 g/mol. The van der Waals surface area contributed by atoms with E-state index in [9.17, 15) is 0 Å². The fourth-order valence-electron chi connectivity index (χ4n) is 0.819. The first kappa shape index (κ1) is 7.60. The second-order valence-electron chi connectivity index (χ2n) is 2.23. The average Bonchev–Trinajstić information content (AvgIpc) is 2.26. The molecule has 0 aromatic carbocycles. The van der Waals surface area contributed by atoms with Crippen molar-refractivity contribution in [3.63, 3.8) is 0 Å². The van der Waals surface area contributed by atoms with Crippen molar-refractivity contribution >= 4 is 12.0 Å². The number of nitrogens with two attached hydrogens (primary N) is 1. The molecule has 1 heterocycles. The van der Waals surface area contributed by atoms with Gasteiger partial charge >= 0.3 is 0 Å². The molecule has 0 radical (unpaired) electrons. The topological polar surface area (TPSA) is 54.7 Å². The number of hydrogen-bond acceptors (Lipinski definition) is 2. The Morgan fingerprint density at radius 2 is 2.36 bits per heavy atom. The van der Waals surface area contributed by atoms with E-state index in [2.05, 4.69) is 16.5 Å². The number of H-pyrrole nitrogens is 1. The molecule has 0 bridgehead atoms. The summed E-state index contributed by atoms with van der Waals surface area (Å²) in [5.41, 5.74) is 7.26. The second kappa shape index (κ2) is 3.05. The van der Waals surface area contributed by atoms with Gasteiger partial charge in [0.15, 0.2) is 5.95 Å². The number of nitrogens with zero attached hydrogens (tertiary/aromatic N) is 1. The van der Waals surface area contributed by atoms with Crippen LogP contribution in [0.15, 0.2) is 18.7 Å². The molecule has 3 nitrogen and oxygen atoms in total. The minimum Gasteiger partial charge on any atom is -0.369 e. The molecule has 1 rings (SSSR count). The third-order valence-corrected chi connectivity index (χ3v) is 1.33. The molecule has 0 aliphatic heterocycles. The minimum absolute atomic E-state index is 0.450. The summed E-state index contributed by atoms with van der Waals surface area (Å²) >= 11 is 0. The Morgan fingerprint density at radius 1 is 1.64 bits per heavy atom. The van der Waals surface area contributed by atoms with Crippen molar-refractivity contribution in [2.45, 2.75) is 6.92 Å². The number of aromatic amines is 1. The standard InChI is InChI=1S/C8H11N3/c1-3-4-5-7-6(2)10-8(9)11-7/h3-5H,1H2,2H3,(H3,9,10,11)/b5-4-. The summed E-state index contributed by atoms with van der Waals surface area (Å²) in [6.07, 6.45) is 5.38. The number of hydrogen-bond donors (Lipinski definition) is 2. The van der Waals surface area contributed by atoms with E-state index in [-0.39, 0.29) is 0 Å². The lowest BCUT2D eigenvalue weighted by Gasteiger charge is -1.83. The number of rotatable bonds is 2. The van der Waals surface area contributed by atoms with Gasteiger partial charge in [-0.05, 0) is 13.0 Å². The van der Waals surface area contributed by atoms with Crippen molar-refractivity contribution in [2.75, 3.05) is 5.73 Å². The van der Waals surface area contributed by atoms with Gasteiger partial charge in [-0.25, -0.2) is 4.98 Å². The van der Waals surface area contributed by atoms with Gasteiger partial charge in [0.2, 0.25) is 0 Å². The first-order valence-electron chi connectivity index (χ1n) is 3.35. The predicted octanol–water partition coefficient (Wildman–Crippen LogP) is 1.50. The van der Waals surface area contributed by atoms with E-state index in [1.807, 2.05) is 19.1 Å². The van der Waals surface area contributed by atoms with E-state index < -0.39 is 0 Å². The van der Waals surface area contributed by atoms with Crippen molar-refractivity contribution in [1.82, 2.24) is 9.97 Å². The van der Waals surface area contributed by atoms with Gasteiger partial charge < -0.3 is 10.7 Å². The lowest BCUT2D eigenvalue weighted by molar-refractivity contribution is 1.26. The quantitative estimate of drug-likeness (QED) is 0.626. The highest BCUT2D eigenvalue weighted by molar-refractivity contribution is 5.51.